The number of rotatable bonds is 2. The van der Waals surface area contributed by atoms with Crippen LogP contribution in [0.2, 0.25) is 0 Å². The highest BCUT2D eigenvalue weighted by Gasteiger charge is 2.07. The summed E-state index contributed by atoms with van der Waals surface area (Å²) in [7, 11) is 0. The van der Waals surface area contributed by atoms with Crippen LogP contribution in [-0.2, 0) is 0 Å². The lowest BCUT2D eigenvalue weighted by Crippen LogP contribution is -2.08. The minimum absolute atomic E-state index is 0.256. The third kappa shape index (κ3) is 1.68. The molecule has 0 aromatic heterocycles. The van der Waals surface area contributed by atoms with Crippen molar-refractivity contribution in [2.45, 2.75) is 6.04 Å². The van der Waals surface area contributed by atoms with Gasteiger partial charge in [-0.25, -0.2) is 8.78 Å². The molecular formula is C9H9F2N. The van der Waals surface area contributed by atoms with E-state index in [4.69, 9.17) is 5.73 Å². The van der Waals surface area contributed by atoms with Gasteiger partial charge in [0.2, 0.25) is 0 Å². The van der Waals surface area contributed by atoms with Gasteiger partial charge in [-0.3, -0.25) is 0 Å². The van der Waals surface area contributed by atoms with Crippen molar-refractivity contribution in [3.05, 3.63) is 48.1 Å². The normalized spacial score (nSPS) is 12.6. The zero-order valence-electron chi connectivity index (χ0n) is 6.43. The average molecular weight is 169 g/mol. The molecule has 0 fully saturated rings. The van der Waals surface area contributed by atoms with Crippen LogP contribution in [0.15, 0.2) is 30.9 Å². The maximum atomic E-state index is 12.9. The van der Waals surface area contributed by atoms with Gasteiger partial charge in [-0.15, -0.1) is 6.58 Å². The van der Waals surface area contributed by atoms with Gasteiger partial charge >= 0.3 is 0 Å². The molecule has 1 nitrogen and oxygen atoms in total. The predicted molar refractivity (Wildman–Crippen MR) is 43.5 cm³/mol. The first-order chi connectivity index (χ1) is 5.65. The molecule has 0 spiro atoms. The smallest absolute Gasteiger partial charge is 0.131 e. The van der Waals surface area contributed by atoms with Crippen LogP contribution in [-0.4, -0.2) is 0 Å². The van der Waals surface area contributed by atoms with E-state index < -0.39 is 17.7 Å². The van der Waals surface area contributed by atoms with Crippen LogP contribution >= 0.6 is 0 Å². The zero-order valence-corrected chi connectivity index (χ0v) is 6.43. The van der Waals surface area contributed by atoms with Crippen molar-refractivity contribution in [3.63, 3.8) is 0 Å². The topological polar surface area (TPSA) is 26.0 Å². The SMILES string of the molecule is C=CC(N)c1ccc(F)cc1F. The number of hydrogen-bond donors (Lipinski definition) is 1. The molecule has 0 radical (unpaired) electrons. The Morgan fingerprint density at radius 2 is 2.08 bits per heavy atom. The fourth-order valence-corrected chi connectivity index (χ4v) is 0.899. The number of benzene rings is 1. The highest BCUT2D eigenvalue weighted by Crippen LogP contribution is 2.16. The summed E-state index contributed by atoms with van der Waals surface area (Å²) in [6, 6.07) is 2.71. The summed E-state index contributed by atoms with van der Waals surface area (Å²) in [6.07, 6.45) is 1.40. The highest BCUT2D eigenvalue weighted by molar-refractivity contribution is 5.24. The summed E-state index contributed by atoms with van der Waals surface area (Å²) in [6.45, 7) is 3.42. The zero-order chi connectivity index (χ0) is 9.14. The van der Waals surface area contributed by atoms with Gasteiger partial charge in [-0.1, -0.05) is 12.1 Å². The first-order valence-electron chi connectivity index (χ1n) is 3.48. The Labute approximate surface area is 69.5 Å². The summed E-state index contributed by atoms with van der Waals surface area (Å²) < 4.78 is 25.3. The molecule has 1 atom stereocenters. The van der Waals surface area contributed by atoms with E-state index in [0.29, 0.717) is 0 Å². The van der Waals surface area contributed by atoms with Gasteiger partial charge in [0.25, 0.3) is 0 Å². The van der Waals surface area contributed by atoms with E-state index in [1.165, 1.54) is 18.2 Å². The van der Waals surface area contributed by atoms with Crippen LogP contribution in [0.5, 0.6) is 0 Å². The third-order valence-corrected chi connectivity index (χ3v) is 1.58. The molecule has 0 aliphatic rings. The Morgan fingerprint density at radius 1 is 1.42 bits per heavy atom. The van der Waals surface area contributed by atoms with Gasteiger partial charge in [-0.05, 0) is 6.07 Å². The second-order valence-corrected chi connectivity index (χ2v) is 2.43. The molecule has 0 aliphatic heterocycles. The molecule has 1 rings (SSSR count). The van der Waals surface area contributed by atoms with Crippen LogP contribution in [0.3, 0.4) is 0 Å². The third-order valence-electron chi connectivity index (χ3n) is 1.58. The molecule has 0 saturated carbocycles. The molecule has 2 N–H and O–H groups in total. The molecule has 0 heterocycles. The average Bonchev–Trinajstić information content (AvgIpc) is 2.03. The van der Waals surface area contributed by atoms with E-state index in [0.717, 1.165) is 6.07 Å². The molecule has 3 heteroatoms. The maximum absolute atomic E-state index is 12.9. The number of halogens is 2. The van der Waals surface area contributed by atoms with Gasteiger partial charge < -0.3 is 5.73 Å². The number of nitrogens with two attached hydrogens (primary N) is 1. The van der Waals surface area contributed by atoms with E-state index in [1.807, 2.05) is 0 Å². The second kappa shape index (κ2) is 3.45. The lowest BCUT2D eigenvalue weighted by molar-refractivity contribution is 0.567. The monoisotopic (exact) mass is 169 g/mol. The van der Waals surface area contributed by atoms with Gasteiger partial charge in [0, 0.05) is 11.6 Å². The molecule has 0 amide bonds. The van der Waals surface area contributed by atoms with E-state index >= 15 is 0 Å². The van der Waals surface area contributed by atoms with Crippen LogP contribution in [0.25, 0.3) is 0 Å². The molecule has 1 unspecified atom stereocenters. The maximum Gasteiger partial charge on any atom is 0.131 e. The lowest BCUT2D eigenvalue weighted by Gasteiger charge is -2.06. The van der Waals surface area contributed by atoms with Crippen molar-refractivity contribution < 1.29 is 8.78 Å². The Bertz CT molecular complexity index is 297. The summed E-state index contributed by atoms with van der Waals surface area (Å²) in [4.78, 5) is 0. The minimum Gasteiger partial charge on any atom is -0.321 e. The van der Waals surface area contributed by atoms with Gasteiger partial charge in [0.1, 0.15) is 11.6 Å². The van der Waals surface area contributed by atoms with E-state index in [-0.39, 0.29) is 5.56 Å². The second-order valence-electron chi connectivity index (χ2n) is 2.43. The molecule has 1 aromatic rings. The van der Waals surface area contributed by atoms with Crippen molar-refractivity contribution in [2.24, 2.45) is 5.73 Å². The molecule has 64 valence electrons. The summed E-state index contributed by atoms with van der Waals surface area (Å²) in [5.41, 5.74) is 5.72. The van der Waals surface area contributed by atoms with Crippen LogP contribution in [0, 0.1) is 11.6 Å². The van der Waals surface area contributed by atoms with E-state index in [2.05, 4.69) is 6.58 Å². The quantitative estimate of drug-likeness (QED) is 0.674. The fourth-order valence-electron chi connectivity index (χ4n) is 0.899. The van der Waals surface area contributed by atoms with E-state index in [1.54, 1.807) is 0 Å². The Kier molecular flexibility index (Phi) is 2.55. The first kappa shape index (κ1) is 8.87. The summed E-state index contributed by atoms with van der Waals surface area (Å²) in [5.74, 6) is -1.24. The predicted octanol–water partition coefficient (Wildman–Crippen LogP) is 2.15. The molecule has 0 saturated heterocycles. The van der Waals surface area contributed by atoms with Crippen molar-refractivity contribution in [1.29, 1.82) is 0 Å². The van der Waals surface area contributed by atoms with Crippen LogP contribution in [0.4, 0.5) is 8.78 Å². The highest BCUT2D eigenvalue weighted by atomic mass is 19.1. The summed E-state index contributed by atoms with van der Waals surface area (Å²) in [5, 5.41) is 0. The van der Waals surface area contributed by atoms with Crippen LogP contribution in [0.1, 0.15) is 11.6 Å². The van der Waals surface area contributed by atoms with Crippen molar-refractivity contribution >= 4 is 0 Å². The lowest BCUT2D eigenvalue weighted by atomic mass is 10.1. The Morgan fingerprint density at radius 3 is 2.58 bits per heavy atom. The van der Waals surface area contributed by atoms with Gasteiger partial charge in [-0.2, -0.15) is 0 Å². The minimum atomic E-state index is -0.637. The Hall–Kier alpha value is -1.22. The standard InChI is InChI=1S/C9H9F2N/c1-2-9(12)7-4-3-6(10)5-8(7)11/h2-5,9H,1,12H2. The molecular weight excluding hydrogens is 160 g/mol. The van der Waals surface area contributed by atoms with Gasteiger partial charge in [0.15, 0.2) is 0 Å². The molecule has 1 aromatic carbocycles. The largest absolute Gasteiger partial charge is 0.321 e. The molecule has 0 bridgehead atoms. The Balaban J connectivity index is 3.09. The first-order valence-corrected chi connectivity index (χ1v) is 3.48. The van der Waals surface area contributed by atoms with Crippen molar-refractivity contribution in [2.75, 3.05) is 0 Å². The molecule has 12 heavy (non-hydrogen) atoms. The molecule has 0 aliphatic carbocycles. The van der Waals surface area contributed by atoms with Crippen molar-refractivity contribution in [1.82, 2.24) is 0 Å². The van der Waals surface area contributed by atoms with Gasteiger partial charge in [0.05, 0.1) is 6.04 Å². The van der Waals surface area contributed by atoms with Crippen LogP contribution < -0.4 is 5.73 Å². The fraction of sp³-hybridized carbons (Fsp3) is 0.111. The van der Waals surface area contributed by atoms with E-state index in [9.17, 15) is 8.78 Å². The van der Waals surface area contributed by atoms with Crippen molar-refractivity contribution in [3.8, 4) is 0 Å². The summed E-state index contributed by atoms with van der Waals surface area (Å²) >= 11 is 0. The number of hydrogen-bond acceptors (Lipinski definition) is 1.